The van der Waals surface area contributed by atoms with Crippen LogP contribution in [0.5, 0.6) is 0 Å². The van der Waals surface area contributed by atoms with Crippen molar-refractivity contribution < 1.29 is 4.79 Å². The number of nitrogens with two attached hydrogens (primary N) is 1. The molecule has 82 valence electrons. The lowest BCUT2D eigenvalue weighted by Crippen LogP contribution is -2.25. The minimum atomic E-state index is -0.0465. The molecule has 0 aliphatic rings. The van der Waals surface area contributed by atoms with Crippen LogP contribution in [-0.4, -0.2) is 13.0 Å². The zero-order valence-corrected chi connectivity index (χ0v) is 9.70. The Morgan fingerprint density at radius 2 is 2.12 bits per heavy atom. The minimum Gasteiger partial charge on any atom is -0.399 e. The van der Waals surface area contributed by atoms with Gasteiger partial charge in [0, 0.05) is 18.3 Å². The number of carbonyl (C=O) groups is 1. The lowest BCUT2D eigenvalue weighted by atomic mass is 10.2. The van der Waals surface area contributed by atoms with Crippen LogP contribution < -0.4 is 10.6 Å². The highest BCUT2D eigenvalue weighted by Crippen LogP contribution is 2.21. The first-order valence-corrected chi connectivity index (χ1v) is 5.73. The molecule has 4 heteroatoms. The highest BCUT2D eigenvalue weighted by molar-refractivity contribution is 7.14. The zero-order chi connectivity index (χ0) is 11.5. The topological polar surface area (TPSA) is 46.3 Å². The fraction of sp³-hybridized carbons (Fsp3) is 0.0833. The van der Waals surface area contributed by atoms with Crippen LogP contribution in [0.25, 0.3) is 0 Å². The number of thiophene rings is 1. The van der Waals surface area contributed by atoms with Gasteiger partial charge in [-0.1, -0.05) is 6.07 Å². The first-order valence-electron chi connectivity index (χ1n) is 4.85. The Balaban J connectivity index is 2.26. The number of benzene rings is 1. The number of anilines is 2. The van der Waals surface area contributed by atoms with Gasteiger partial charge in [0.25, 0.3) is 5.91 Å². The number of hydrogen-bond acceptors (Lipinski definition) is 3. The van der Waals surface area contributed by atoms with Crippen molar-refractivity contribution in [2.75, 3.05) is 17.7 Å². The summed E-state index contributed by atoms with van der Waals surface area (Å²) >= 11 is 1.53. The van der Waals surface area contributed by atoms with E-state index in [4.69, 9.17) is 5.73 Å². The molecule has 3 nitrogen and oxygen atoms in total. The average molecular weight is 232 g/mol. The van der Waals surface area contributed by atoms with Crippen LogP contribution in [-0.2, 0) is 0 Å². The SMILES string of the molecule is CN(C(=O)c1cccc(N)c1)c1cccs1. The van der Waals surface area contributed by atoms with Gasteiger partial charge in [0.15, 0.2) is 0 Å². The van der Waals surface area contributed by atoms with E-state index in [2.05, 4.69) is 0 Å². The van der Waals surface area contributed by atoms with Gasteiger partial charge < -0.3 is 10.6 Å². The summed E-state index contributed by atoms with van der Waals surface area (Å²) in [5.41, 5.74) is 6.86. The van der Waals surface area contributed by atoms with E-state index in [0.717, 1.165) is 5.00 Å². The molecule has 0 saturated carbocycles. The van der Waals surface area contributed by atoms with E-state index in [1.807, 2.05) is 17.5 Å². The van der Waals surface area contributed by atoms with Crippen LogP contribution in [0.15, 0.2) is 41.8 Å². The second-order valence-corrected chi connectivity index (χ2v) is 4.37. The van der Waals surface area contributed by atoms with Crippen LogP contribution in [0.4, 0.5) is 10.7 Å². The van der Waals surface area contributed by atoms with Gasteiger partial charge in [0.05, 0.1) is 5.00 Å². The molecule has 0 bridgehead atoms. The minimum absolute atomic E-state index is 0.0465. The molecule has 0 saturated heterocycles. The van der Waals surface area contributed by atoms with Crippen molar-refractivity contribution in [1.29, 1.82) is 0 Å². The zero-order valence-electron chi connectivity index (χ0n) is 8.88. The van der Waals surface area contributed by atoms with Gasteiger partial charge in [0.2, 0.25) is 0 Å². The Kier molecular flexibility index (Phi) is 2.92. The number of nitrogens with zero attached hydrogens (tertiary/aromatic N) is 1. The monoisotopic (exact) mass is 232 g/mol. The van der Waals surface area contributed by atoms with Gasteiger partial charge >= 0.3 is 0 Å². The summed E-state index contributed by atoms with van der Waals surface area (Å²) in [7, 11) is 1.76. The van der Waals surface area contributed by atoms with Crippen LogP contribution in [0.1, 0.15) is 10.4 Å². The quantitative estimate of drug-likeness (QED) is 0.809. The summed E-state index contributed by atoms with van der Waals surface area (Å²) in [5, 5.41) is 2.87. The van der Waals surface area contributed by atoms with Crippen molar-refractivity contribution in [2.45, 2.75) is 0 Å². The average Bonchev–Trinajstić information content (AvgIpc) is 2.80. The molecular weight excluding hydrogens is 220 g/mol. The molecule has 1 aromatic carbocycles. The summed E-state index contributed by atoms with van der Waals surface area (Å²) in [5.74, 6) is -0.0465. The molecule has 1 amide bonds. The van der Waals surface area contributed by atoms with Gasteiger partial charge in [-0.25, -0.2) is 0 Å². The molecule has 0 unspecified atom stereocenters. The molecule has 0 spiro atoms. The molecule has 16 heavy (non-hydrogen) atoms. The first kappa shape index (κ1) is 10.7. The normalized spacial score (nSPS) is 10.1. The van der Waals surface area contributed by atoms with Gasteiger partial charge in [-0.3, -0.25) is 4.79 Å². The third kappa shape index (κ3) is 2.06. The molecule has 0 aliphatic carbocycles. The number of amides is 1. The third-order valence-electron chi connectivity index (χ3n) is 2.27. The van der Waals surface area contributed by atoms with E-state index in [1.54, 1.807) is 36.2 Å². The number of hydrogen-bond donors (Lipinski definition) is 1. The summed E-state index contributed by atoms with van der Waals surface area (Å²) in [6, 6.07) is 10.8. The second-order valence-electron chi connectivity index (χ2n) is 3.44. The Hall–Kier alpha value is -1.81. The number of rotatable bonds is 2. The fourth-order valence-electron chi connectivity index (χ4n) is 1.43. The van der Waals surface area contributed by atoms with Crippen molar-refractivity contribution in [3.8, 4) is 0 Å². The maximum atomic E-state index is 12.1. The van der Waals surface area contributed by atoms with Crippen LogP contribution in [0, 0.1) is 0 Å². The molecule has 1 aromatic heterocycles. The van der Waals surface area contributed by atoms with E-state index >= 15 is 0 Å². The highest BCUT2D eigenvalue weighted by Gasteiger charge is 2.13. The van der Waals surface area contributed by atoms with Gasteiger partial charge in [-0.15, -0.1) is 11.3 Å². The molecular formula is C12H12N2OS. The molecule has 0 aliphatic heterocycles. The van der Waals surface area contributed by atoms with E-state index < -0.39 is 0 Å². The molecule has 2 rings (SSSR count). The largest absolute Gasteiger partial charge is 0.399 e. The van der Waals surface area contributed by atoms with Crippen LogP contribution >= 0.6 is 11.3 Å². The summed E-state index contributed by atoms with van der Waals surface area (Å²) in [6.45, 7) is 0. The van der Waals surface area contributed by atoms with E-state index in [1.165, 1.54) is 11.3 Å². The summed E-state index contributed by atoms with van der Waals surface area (Å²) < 4.78 is 0. The van der Waals surface area contributed by atoms with Crippen LogP contribution in [0.3, 0.4) is 0 Å². The van der Waals surface area contributed by atoms with Crippen molar-refractivity contribution in [2.24, 2.45) is 0 Å². The van der Waals surface area contributed by atoms with E-state index in [0.29, 0.717) is 11.3 Å². The molecule has 2 aromatic rings. The van der Waals surface area contributed by atoms with E-state index in [9.17, 15) is 4.79 Å². The Morgan fingerprint density at radius 3 is 2.75 bits per heavy atom. The first-order chi connectivity index (χ1) is 7.68. The second kappa shape index (κ2) is 4.37. The molecule has 1 heterocycles. The van der Waals surface area contributed by atoms with Crippen molar-refractivity contribution in [1.82, 2.24) is 0 Å². The number of carbonyl (C=O) groups excluding carboxylic acids is 1. The van der Waals surface area contributed by atoms with Crippen molar-refractivity contribution in [3.63, 3.8) is 0 Å². The Bertz CT molecular complexity index is 493. The predicted octanol–water partition coefficient (Wildman–Crippen LogP) is 2.61. The molecule has 0 radical (unpaired) electrons. The summed E-state index contributed by atoms with van der Waals surface area (Å²) in [6.07, 6.45) is 0. The van der Waals surface area contributed by atoms with Gasteiger partial charge in [-0.2, -0.15) is 0 Å². The Labute approximate surface area is 98.1 Å². The van der Waals surface area contributed by atoms with Crippen LogP contribution in [0.2, 0.25) is 0 Å². The smallest absolute Gasteiger partial charge is 0.258 e. The highest BCUT2D eigenvalue weighted by atomic mass is 32.1. The van der Waals surface area contributed by atoms with Crippen molar-refractivity contribution >= 4 is 27.9 Å². The molecule has 0 atom stereocenters. The van der Waals surface area contributed by atoms with Gasteiger partial charge in [0.1, 0.15) is 0 Å². The third-order valence-corrected chi connectivity index (χ3v) is 3.22. The summed E-state index contributed by atoms with van der Waals surface area (Å²) in [4.78, 5) is 13.7. The number of nitrogen functional groups attached to an aromatic ring is 1. The standard InChI is InChI=1S/C12H12N2OS/c1-14(11-6-3-7-16-11)12(15)9-4-2-5-10(13)8-9/h2-8H,13H2,1H3. The van der Waals surface area contributed by atoms with Crippen molar-refractivity contribution in [3.05, 3.63) is 47.3 Å². The molecule has 0 fully saturated rings. The maximum Gasteiger partial charge on any atom is 0.258 e. The molecule has 2 N–H and O–H groups in total. The Morgan fingerprint density at radius 1 is 1.31 bits per heavy atom. The lowest BCUT2D eigenvalue weighted by molar-refractivity contribution is 0.0993. The predicted molar refractivity (Wildman–Crippen MR) is 67.9 cm³/mol. The van der Waals surface area contributed by atoms with E-state index in [-0.39, 0.29) is 5.91 Å². The van der Waals surface area contributed by atoms with Gasteiger partial charge in [-0.05, 0) is 35.7 Å². The maximum absolute atomic E-state index is 12.1. The lowest BCUT2D eigenvalue weighted by Gasteiger charge is -2.15. The fourth-order valence-corrected chi connectivity index (χ4v) is 2.12.